The van der Waals surface area contributed by atoms with E-state index in [2.05, 4.69) is 20.3 Å². The normalized spacial score (nSPS) is 10.6. The first-order valence-electron chi connectivity index (χ1n) is 8.82. The van der Waals surface area contributed by atoms with Crippen molar-refractivity contribution in [1.29, 1.82) is 0 Å². The van der Waals surface area contributed by atoms with Crippen molar-refractivity contribution in [2.45, 2.75) is 4.21 Å². The van der Waals surface area contributed by atoms with Crippen molar-refractivity contribution in [3.8, 4) is 0 Å². The van der Waals surface area contributed by atoms with Crippen LogP contribution in [0.2, 0.25) is 0 Å². The van der Waals surface area contributed by atoms with Gasteiger partial charge in [0, 0.05) is 10.3 Å². The molecule has 0 radical (unpaired) electrons. The van der Waals surface area contributed by atoms with Gasteiger partial charge in [0.05, 0.1) is 16.1 Å². The van der Waals surface area contributed by atoms with Crippen molar-refractivity contribution in [1.82, 2.24) is 9.71 Å². The maximum atomic E-state index is 13.2. The third kappa shape index (κ3) is 4.94. The van der Waals surface area contributed by atoms with Gasteiger partial charge in [-0.1, -0.05) is 24.3 Å². The molecule has 2 heterocycles. The number of nitrogens with zero attached hydrogens (tertiary/aromatic N) is 1. The lowest BCUT2D eigenvalue weighted by atomic mass is 10.2. The molecule has 150 valence electrons. The summed E-state index contributed by atoms with van der Waals surface area (Å²) in [4.78, 5) is 28.3. The van der Waals surface area contributed by atoms with Crippen LogP contribution in [0.3, 0.4) is 0 Å². The Morgan fingerprint density at radius 3 is 2.60 bits per heavy atom. The number of benzene rings is 2. The Labute approximate surface area is 179 Å². The molecule has 30 heavy (non-hydrogen) atoms. The van der Waals surface area contributed by atoms with Crippen LogP contribution in [0.4, 0.5) is 20.7 Å². The van der Waals surface area contributed by atoms with Gasteiger partial charge in [-0.15, -0.1) is 11.3 Å². The van der Waals surface area contributed by atoms with Crippen LogP contribution in [0.1, 0.15) is 10.4 Å². The number of nitrogens with one attached hydrogen (secondary N) is 3. The maximum Gasteiger partial charge on any atom is 0.330 e. The summed E-state index contributed by atoms with van der Waals surface area (Å²) in [5.41, 5.74) is 0.629. The molecule has 0 bridgehead atoms. The van der Waals surface area contributed by atoms with Crippen molar-refractivity contribution < 1.29 is 14.0 Å². The van der Waals surface area contributed by atoms with Crippen LogP contribution in [0, 0.1) is 5.82 Å². The standard InChI is InChI=1S/C21H15FN4O2S2/c22-15-6-3-5-14(10-15)20(27)24-16-8-9-18(23-12-16)25-21(28)26-30-19-11-13-4-1-2-7-17(13)29-19/h1-12H,(H,24,27)(H2,23,25,26,28). The molecule has 6 nitrogen and oxygen atoms in total. The Hall–Kier alpha value is -3.43. The number of hydrogen-bond acceptors (Lipinski definition) is 5. The Morgan fingerprint density at radius 1 is 0.967 bits per heavy atom. The molecule has 0 aliphatic heterocycles. The molecular formula is C21H15FN4O2S2. The molecule has 0 unspecified atom stereocenters. The largest absolute Gasteiger partial charge is 0.330 e. The van der Waals surface area contributed by atoms with Gasteiger partial charge in [0.15, 0.2) is 0 Å². The van der Waals surface area contributed by atoms with Crippen LogP contribution in [-0.2, 0) is 0 Å². The number of aromatic nitrogens is 1. The second-order valence-corrected chi connectivity index (χ2v) is 8.35. The first-order valence-corrected chi connectivity index (χ1v) is 10.5. The Bertz CT molecular complexity index is 1180. The SMILES string of the molecule is O=C(NSc1cc2ccccc2s1)Nc1ccc(NC(=O)c2cccc(F)c2)cn1. The smallest absolute Gasteiger partial charge is 0.321 e. The van der Waals surface area contributed by atoms with Crippen LogP contribution in [0.5, 0.6) is 0 Å². The molecule has 3 N–H and O–H groups in total. The monoisotopic (exact) mass is 438 g/mol. The zero-order valence-electron chi connectivity index (χ0n) is 15.4. The summed E-state index contributed by atoms with van der Waals surface area (Å²) in [6.07, 6.45) is 1.41. The highest BCUT2D eigenvalue weighted by atomic mass is 32.2. The second-order valence-electron chi connectivity index (χ2n) is 6.16. The van der Waals surface area contributed by atoms with Gasteiger partial charge in [-0.25, -0.2) is 14.2 Å². The fourth-order valence-corrected chi connectivity index (χ4v) is 4.41. The molecule has 0 atom stereocenters. The van der Waals surface area contributed by atoms with Gasteiger partial charge in [-0.2, -0.15) is 0 Å². The molecule has 0 aliphatic rings. The van der Waals surface area contributed by atoms with Gasteiger partial charge in [-0.3, -0.25) is 14.8 Å². The Balaban J connectivity index is 1.30. The highest BCUT2D eigenvalue weighted by Crippen LogP contribution is 2.31. The van der Waals surface area contributed by atoms with E-state index in [1.54, 1.807) is 23.5 Å². The van der Waals surface area contributed by atoms with Crippen LogP contribution < -0.4 is 15.4 Å². The molecule has 4 aromatic rings. The molecule has 0 spiro atoms. The summed E-state index contributed by atoms with van der Waals surface area (Å²) < 4.78 is 18.1. The highest BCUT2D eigenvalue weighted by Gasteiger charge is 2.09. The first kappa shape index (κ1) is 19.9. The number of pyridine rings is 1. The molecular weight excluding hydrogens is 423 g/mol. The fourth-order valence-electron chi connectivity index (χ4n) is 2.62. The zero-order valence-corrected chi connectivity index (χ0v) is 17.0. The van der Waals surface area contributed by atoms with Crippen LogP contribution in [-0.4, -0.2) is 16.9 Å². The highest BCUT2D eigenvalue weighted by molar-refractivity contribution is 8.00. The lowest BCUT2D eigenvalue weighted by Gasteiger charge is -2.08. The molecule has 0 saturated heterocycles. The number of fused-ring (bicyclic) bond motifs is 1. The lowest BCUT2D eigenvalue weighted by molar-refractivity contribution is 0.102. The average Bonchev–Trinajstić information content (AvgIpc) is 3.17. The number of carbonyl (C=O) groups is 2. The van der Waals surface area contributed by atoms with E-state index in [0.29, 0.717) is 11.5 Å². The fraction of sp³-hybridized carbons (Fsp3) is 0. The van der Waals surface area contributed by atoms with Crippen LogP contribution in [0.15, 0.2) is 77.1 Å². The molecule has 0 aliphatic carbocycles. The van der Waals surface area contributed by atoms with E-state index in [1.165, 1.54) is 36.3 Å². The molecule has 2 aromatic carbocycles. The lowest BCUT2D eigenvalue weighted by Crippen LogP contribution is -2.23. The number of amides is 3. The summed E-state index contributed by atoms with van der Waals surface area (Å²) in [6, 6.07) is 18.1. The number of hydrogen-bond donors (Lipinski definition) is 3. The van der Waals surface area contributed by atoms with E-state index in [1.807, 2.05) is 30.3 Å². The van der Waals surface area contributed by atoms with Gasteiger partial charge < -0.3 is 5.32 Å². The predicted molar refractivity (Wildman–Crippen MR) is 118 cm³/mol. The summed E-state index contributed by atoms with van der Waals surface area (Å²) in [7, 11) is 0. The third-order valence-electron chi connectivity index (χ3n) is 4.00. The third-order valence-corrected chi connectivity index (χ3v) is 6.01. The quantitative estimate of drug-likeness (QED) is 0.359. The van der Waals surface area contributed by atoms with E-state index < -0.39 is 17.8 Å². The molecule has 2 aromatic heterocycles. The van der Waals surface area contributed by atoms with E-state index in [-0.39, 0.29) is 5.56 Å². The van der Waals surface area contributed by atoms with Gasteiger partial charge >= 0.3 is 6.03 Å². The van der Waals surface area contributed by atoms with Crippen LogP contribution in [0.25, 0.3) is 10.1 Å². The minimum atomic E-state index is -0.486. The maximum absolute atomic E-state index is 13.2. The van der Waals surface area contributed by atoms with Gasteiger partial charge in [-0.05, 0) is 59.8 Å². The summed E-state index contributed by atoms with van der Waals surface area (Å²) in [5, 5.41) is 6.38. The molecule has 0 fully saturated rings. The first-order chi connectivity index (χ1) is 14.6. The van der Waals surface area contributed by atoms with E-state index in [9.17, 15) is 14.0 Å². The van der Waals surface area contributed by atoms with Crippen molar-refractivity contribution in [2.75, 3.05) is 10.6 Å². The number of rotatable bonds is 5. The Kier molecular flexibility index (Phi) is 5.92. The minimum absolute atomic E-state index is 0.204. The predicted octanol–water partition coefficient (Wildman–Crippen LogP) is 5.52. The topological polar surface area (TPSA) is 83.1 Å². The minimum Gasteiger partial charge on any atom is -0.321 e. The van der Waals surface area contributed by atoms with E-state index in [4.69, 9.17) is 0 Å². The molecule has 4 rings (SSSR count). The van der Waals surface area contributed by atoms with Gasteiger partial charge in [0.1, 0.15) is 11.6 Å². The Morgan fingerprint density at radius 2 is 1.83 bits per heavy atom. The second kappa shape index (κ2) is 8.93. The van der Waals surface area contributed by atoms with Crippen LogP contribution >= 0.6 is 23.3 Å². The number of thiophene rings is 1. The number of carbonyl (C=O) groups excluding carboxylic acids is 2. The summed E-state index contributed by atoms with van der Waals surface area (Å²) >= 11 is 2.82. The summed E-state index contributed by atoms with van der Waals surface area (Å²) in [6.45, 7) is 0. The van der Waals surface area contributed by atoms with Gasteiger partial charge in [0.2, 0.25) is 0 Å². The zero-order chi connectivity index (χ0) is 20.9. The molecule has 3 amide bonds. The molecule has 0 saturated carbocycles. The van der Waals surface area contributed by atoms with E-state index in [0.717, 1.165) is 20.4 Å². The number of anilines is 2. The average molecular weight is 439 g/mol. The number of urea groups is 1. The van der Waals surface area contributed by atoms with Crippen molar-refractivity contribution >= 4 is 56.8 Å². The number of halogens is 1. The van der Waals surface area contributed by atoms with Crippen molar-refractivity contribution in [3.05, 3.63) is 84.3 Å². The van der Waals surface area contributed by atoms with Crippen molar-refractivity contribution in [3.63, 3.8) is 0 Å². The van der Waals surface area contributed by atoms with E-state index >= 15 is 0 Å². The molecule has 9 heteroatoms. The van der Waals surface area contributed by atoms with Gasteiger partial charge in [0.25, 0.3) is 5.91 Å². The summed E-state index contributed by atoms with van der Waals surface area (Å²) in [5.74, 6) is -0.609. The van der Waals surface area contributed by atoms with Crippen molar-refractivity contribution in [2.24, 2.45) is 0 Å².